The summed E-state index contributed by atoms with van der Waals surface area (Å²) in [6, 6.07) is 5.79. The summed E-state index contributed by atoms with van der Waals surface area (Å²) in [6.45, 7) is 7.46. The number of thioether (sulfide) groups is 1. The van der Waals surface area contributed by atoms with E-state index >= 15 is 0 Å². The summed E-state index contributed by atoms with van der Waals surface area (Å²) in [6.07, 6.45) is 0. The quantitative estimate of drug-likeness (QED) is 0.722. The first-order valence-electron chi connectivity index (χ1n) is 7.99. The van der Waals surface area contributed by atoms with Crippen molar-refractivity contribution in [2.75, 3.05) is 19.5 Å². The monoisotopic (exact) mass is 369 g/mol. The number of nitrogens with one attached hydrogen (secondary N) is 1. The maximum atomic E-state index is 12.1. The third-order valence-electron chi connectivity index (χ3n) is 3.92. The number of carbonyl (C=O) groups is 1. The van der Waals surface area contributed by atoms with Gasteiger partial charge < -0.3 is 14.6 Å². The van der Waals surface area contributed by atoms with Gasteiger partial charge in [-0.1, -0.05) is 37.2 Å². The van der Waals surface area contributed by atoms with Crippen molar-refractivity contribution in [2.24, 2.45) is 5.92 Å². The maximum absolute atomic E-state index is 12.1. The number of imidazole rings is 1. The lowest BCUT2D eigenvalue weighted by atomic mass is 10.1. The molecule has 0 aliphatic heterocycles. The molecule has 2 aromatic rings. The second-order valence-electron chi connectivity index (χ2n) is 6.06. The molecule has 0 aliphatic rings. The van der Waals surface area contributed by atoms with Gasteiger partial charge in [0.1, 0.15) is 0 Å². The summed E-state index contributed by atoms with van der Waals surface area (Å²) in [7, 11) is 1.67. The summed E-state index contributed by atoms with van der Waals surface area (Å²) in [5.41, 5.74) is 1.83. The minimum Gasteiger partial charge on any atom is -0.383 e. The van der Waals surface area contributed by atoms with Gasteiger partial charge in [-0.25, -0.2) is 4.98 Å². The van der Waals surface area contributed by atoms with Gasteiger partial charge in [-0.3, -0.25) is 4.79 Å². The Labute approximate surface area is 152 Å². The van der Waals surface area contributed by atoms with Gasteiger partial charge in [0.25, 0.3) is 0 Å². The van der Waals surface area contributed by atoms with Crippen molar-refractivity contribution in [3.05, 3.63) is 23.2 Å². The van der Waals surface area contributed by atoms with Crippen LogP contribution in [0.25, 0.3) is 11.0 Å². The van der Waals surface area contributed by atoms with Crippen molar-refractivity contribution < 1.29 is 9.53 Å². The van der Waals surface area contributed by atoms with E-state index in [4.69, 9.17) is 16.3 Å². The minimum absolute atomic E-state index is 0.0181. The van der Waals surface area contributed by atoms with Crippen molar-refractivity contribution >= 4 is 40.3 Å². The summed E-state index contributed by atoms with van der Waals surface area (Å²) in [5.74, 6) is 0.762. The Bertz CT molecular complexity index is 702. The molecule has 1 heterocycles. The molecule has 0 spiro atoms. The summed E-state index contributed by atoms with van der Waals surface area (Å²) >= 11 is 7.49. The third kappa shape index (κ3) is 4.88. The number of fused-ring (bicyclic) bond motifs is 1. The van der Waals surface area contributed by atoms with Crippen molar-refractivity contribution in [3.63, 3.8) is 0 Å². The fourth-order valence-electron chi connectivity index (χ4n) is 2.18. The predicted octanol–water partition coefficient (Wildman–Crippen LogP) is 3.59. The number of amides is 1. The van der Waals surface area contributed by atoms with Gasteiger partial charge >= 0.3 is 0 Å². The first-order valence-corrected chi connectivity index (χ1v) is 9.35. The van der Waals surface area contributed by atoms with Crippen LogP contribution in [0.5, 0.6) is 0 Å². The van der Waals surface area contributed by atoms with Crippen LogP contribution in [-0.2, 0) is 16.1 Å². The van der Waals surface area contributed by atoms with Crippen molar-refractivity contribution in [1.82, 2.24) is 14.9 Å². The summed E-state index contributed by atoms with van der Waals surface area (Å²) in [5, 5.41) is 4.47. The molecule has 0 radical (unpaired) electrons. The number of ether oxygens (including phenoxy) is 1. The Balaban J connectivity index is 2.13. The van der Waals surface area contributed by atoms with Crippen LogP contribution < -0.4 is 5.32 Å². The molecule has 1 N–H and O–H groups in total. The van der Waals surface area contributed by atoms with Gasteiger partial charge in [-0.05, 0) is 31.0 Å². The normalized spacial score (nSPS) is 12.8. The van der Waals surface area contributed by atoms with E-state index in [0.717, 1.165) is 16.2 Å². The predicted molar refractivity (Wildman–Crippen MR) is 99.8 cm³/mol. The number of benzene rings is 1. The van der Waals surface area contributed by atoms with Crippen molar-refractivity contribution in [2.45, 2.75) is 38.5 Å². The van der Waals surface area contributed by atoms with E-state index in [9.17, 15) is 4.79 Å². The number of aromatic nitrogens is 2. The molecule has 5 nitrogen and oxygen atoms in total. The minimum atomic E-state index is 0.0181. The molecule has 7 heteroatoms. The highest BCUT2D eigenvalue weighted by Crippen LogP contribution is 2.26. The van der Waals surface area contributed by atoms with Gasteiger partial charge in [-0.15, -0.1) is 0 Å². The Hall–Kier alpha value is -1.24. The summed E-state index contributed by atoms with van der Waals surface area (Å²) in [4.78, 5) is 16.7. The van der Waals surface area contributed by atoms with Crippen LogP contribution in [0.3, 0.4) is 0 Å². The van der Waals surface area contributed by atoms with Gasteiger partial charge in [-0.2, -0.15) is 0 Å². The first-order chi connectivity index (χ1) is 11.4. The van der Waals surface area contributed by atoms with E-state index in [1.54, 1.807) is 7.11 Å². The highest BCUT2D eigenvalue weighted by Gasteiger charge is 2.15. The molecule has 24 heavy (non-hydrogen) atoms. The lowest BCUT2D eigenvalue weighted by molar-refractivity contribution is -0.119. The summed E-state index contributed by atoms with van der Waals surface area (Å²) < 4.78 is 7.25. The van der Waals surface area contributed by atoms with Crippen LogP contribution in [0.15, 0.2) is 23.4 Å². The Morgan fingerprint density at radius 3 is 2.83 bits per heavy atom. The number of hydrogen-bond acceptors (Lipinski definition) is 4. The van der Waals surface area contributed by atoms with Gasteiger partial charge in [0.05, 0.1) is 23.4 Å². The Morgan fingerprint density at radius 1 is 1.42 bits per heavy atom. The Kier molecular flexibility index (Phi) is 6.95. The van der Waals surface area contributed by atoms with Gasteiger partial charge in [0.15, 0.2) is 5.16 Å². The van der Waals surface area contributed by atoms with Crippen LogP contribution in [0, 0.1) is 5.92 Å². The molecule has 132 valence electrons. The van der Waals surface area contributed by atoms with E-state index in [1.165, 1.54) is 11.8 Å². The molecule has 0 aliphatic carbocycles. The fourth-order valence-corrected chi connectivity index (χ4v) is 3.20. The van der Waals surface area contributed by atoms with Crippen molar-refractivity contribution in [3.8, 4) is 0 Å². The molecular formula is C17H24ClN3O2S. The third-order valence-corrected chi connectivity index (χ3v) is 5.13. The zero-order valence-corrected chi connectivity index (χ0v) is 16.1. The molecule has 1 atom stereocenters. The average Bonchev–Trinajstić information content (AvgIpc) is 2.87. The largest absolute Gasteiger partial charge is 0.383 e. The van der Waals surface area contributed by atoms with Crippen LogP contribution >= 0.6 is 23.4 Å². The average molecular weight is 370 g/mol. The fraction of sp³-hybridized carbons (Fsp3) is 0.529. The molecule has 1 aromatic heterocycles. The Morgan fingerprint density at radius 2 is 2.17 bits per heavy atom. The van der Waals surface area contributed by atoms with Crippen LogP contribution in [0.4, 0.5) is 0 Å². The van der Waals surface area contributed by atoms with Crippen LogP contribution in [-0.4, -0.2) is 41.0 Å². The molecule has 1 unspecified atom stereocenters. The topological polar surface area (TPSA) is 56.1 Å². The van der Waals surface area contributed by atoms with Gasteiger partial charge in [0, 0.05) is 24.7 Å². The standard InChI is InChI=1S/C17H24ClN3O2S/c1-11(2)12(3)19-16(22)10-24-17-20-14-9-13(18)5-6-15(14)21(17)7-8-23-4/h5-6,9,11-12H,7-8,10H2,1-4H3,(H,19,22). The zero-order chi connectivity index (χ0) is 17.7. The van der Waals surface area contributed by atoms with E-state index in [2.05, 4.69) is 28.7 Å². The molecular weight excluding hydrogens is 346 g/mol. The number of carbonyl (C=O) groups excluding carboxylic acids is 1. The molecule has 1 aromatic carbocycles. The molecule has 0 saturated carbocycles. The first kappa shape index (κ1) is 19.1. The zero-order valence-electron chi connectivity index (χ0n) is 14.5. The van der Waals surface area contributed by atoms with Crippen LogP contribution in [0.2, 0.25) is 5.02 Å². The molecule has 0 fully saturated rings. The molecule has 0 saturated heterocycles. The number of nitrogens with zero attached hydrogens (tertiary/aromatic N) is 2. The maximum Gasteiger partial charge on any atom is 0.230 e. The molecule has 2 rings (SSSR count). The molecule has 0 bridgehead atoms. The number of methoxy groups -OCH3 is 1. The van der Waals surface area contributed by atoms with Gasteiger partial charge in [0.2, 0.25) is 5.91 Å². The lowest BCUT2D eigenvalue weighted by Crippen LogP contribution is -2.37. The van der Waals surface area contributed by atoms with Crippen LogP contribution in [0.1, 0.15) is 20.8 Å². The number of halogens is 1. The molecule has 1 amide bonds. The second-order valence-corrected chi connectivity index (χ2v) is 7.44. The van der Waals surface area contributed by atoms with E-state index in [-0.39, 0.29) is 11.9 Å². The SMILES string of the molecule is COCCn1c(SCC(=O)NC(C)C(C)C)nc2cc(Cl)ccc21. The lowest BCUT2D eigenvalue weighted by Gasteiger charge is -2.17. The highest BCUT2D eigenvalue weighted by atomic mass is 35.5. The van der Waals surface area contributed by atoms with E-state index < -0.39 is 0 Å². The highest BCUT2D eigenvalue weighted by molar-refractivity contribution is 7.99. The van der Waals surface area contributed by atoms with Crippen molar-refractivity contribution in [1.29, 1.82) is 0 Å². The van der Waals surface area contributed by atoms with E-state index in [0.29, 0.717) is 29.8 Å². The number of rotatable bonds is 8. The van der Waals surface area contributed by atoms with E-state index in [1.807, 2.05) is 25.1 Å². The number of hydrogen-bond donors (Lipinski definition) is 1. The second kappa shape index (κ2) is 8.74. The smallest absolute Gasteiger partial charge is 0.230 e.